The number of carbonyl (C=O) groups is 1. The lowest BCUT2D eigenvalue weighted by Gasteiger charge is -2.34. The molecule has 9 heteroatoms. The van der Waals surface area contributed by atoms with Crippen LogP contribution in [0.4, 0.5) is 0 Å². The first-order valence-electron chi connectivity index (χ1n) is 8.77. The first-order chi connectivity index (χ1) is 12.8. The van der Waals surface area contributed by atoms with E-state index in [4.69, 9.17) is 9.15 Å². The minimum Gasteiger partial charge on any atom is -0.496 e. The second-order valence-corrected chi connectivity index (χ2v) is 8.94. The number of hydrogen-bond acceptors (Lipinski definition) is 7. The lowest BCUT2D eigenvalue weighted by molar-refractivity contribution is -0.131. The molecule has 0 spiro atoms. The fraction of sp³-hybridized carbons (Fsp3) is 0.500. The maximum absolute atomic E-state index is 12.6. The number of carbonyl (C=O) groups excluding carboxylic acids is 1. The average Bonchev–Trinajstić information content (AvgIpc) is 3.11. The number of nitrogens with zero attached hydrogens (tertiary/aromatic N) is 3. The van der Waals surface area contributed by atoms with E-state index < -0.39 is 26.7 Å². The van der Waals surface area contributed by atoms with Gasteiger partial charge in [-0.3, -0.25) is 4.79 Å². The number of amides is 1. The van der Waals surface area contributed by atoms with Crippen molar-refractivity contribution in [2.45, 2.75) is 25.5 Å². The van der Waals surface area contributed by atoms with Crippen LogP contribution in [0.1, 0.15) is 20.3 Å². The fourth-order valence-electron chi connectivity index (χ4n) is 3.45. The molecule has 2 heterocycles. The van der Waals surface area contributed by atoms with Gasteiger partial charge in [-0.05, 0) is 30.4 Å². The highest BCUT2D eigenvalue weighted by Crippen LogP contribution is 2.29. The standard InChI is InChI=1S/C18H23N3O5S/c1-12-8-13(2)10-21(9-12)16(22)11-27(23,24)18-20-19-17(26-18)14-6-4-5-7-15(14)25-3/h4-7,12-13H,8-11H2,1-3H3. The third-order valence-corrected chi connectivity index (χ3v) is 5.87. The predicted molar refractivity (Wildman–Crippen MR) is 97.9 cm³/mol. The maximum Gasteiger partial charge on any atom is 0.336 e. The molecule has 1 aromatic heterocycles. The molecule has 146 valence electrons. The molecule has 0 saturated carbocycles. The largest absolute Gasteiger partial charge is 0.496 e. The van der Waals surface area contributed by atoms with E-state index in [2.05, 4.69) is 24.0 Å². The Morgan fingerprint density at radius 1 is 1.22 bits per heavy atom. The van der Waals surface area contributed by atoms with E-state index in [9.17, 15) is 13.2 Å². The van der Waals surface area contributed by atoms with Crippen LogP contribution in [-0.4, -0.2) is 55.4 Å². The van der Waals surface area contributed by atoms with Crippen LogP contribution in [0.2, 0.25) is 0 Å². The van der Waals surface area contributed by atoms with Crippen molar-refractivity contribution >= 4 is 15.7 Å². The van der Waals surface area contributed by atoms with Crippen molar-refractivity contribution < 1.29 is 22.4 Å². The Morgan fingerprint density at radius 3 is 2.56 bits per heavy atom. The molecule has 1 aliphatic rings. The molecule has 0 N–H and O–H groups in total. The number of methoxy groups -OCH3 is 1. The zero-order valence-electron chi connectivity index (χ0n) is 15.6. The zero-order chi connectivity index (χ0) is 19.6. The quantitative estimate of drug-likeness (QED) is 0.766. The van der Waals surface area contributed by atoms with Crippen LogP contribution in [-0.2, 0) is 14.6 Å². The highest BCUT2D eigenvalue weighted by molar-refractivity contribution is 7.91. The molecule has 2 unspecified atom stereocenters. The molecule has 2 atom stereocenters. The molecule has 0 radical (unpaired) electrons. The number of para-hydroxylation sites is 1. The number of ether oxygens (including phenoxy) is 1. The Hall–Kier alpha value is -2.42. The molecule has 1 aromatic carbocycles. The molecule has 1 amide bonds. The van der Waals surface area contributed by atoms with Crippen LogP contribution in [0.3, 0.4) is 0 Å². The van der Waals surface area contributed by atoms with E-state index in [1.165, 1.54) is 7.11 Å². The van der Waals surface area contributed by atoms with Gasteiger partial charge in [0, 0.05) is 13.1 Å². The third kappa shape index (κ3) is 4.29. The van der Waals surface area contributed by atoms with Crippen molar-refractivity contribution in [2.75, 3.05) is 26.0 Å². The summed E-state index contributed by atoms with van der Waals surface area (Å²) in [6.07, 6.45) is 1.03. The number of sulfone groups is 1. The van der Waals surface area contributed by atoms with Gasteiger partial charge in [-0.2, -0.15) is 0 Å². The van der Waals surface area contributed by atoms with Gasteiger partial charge in [-0.25, -0.2) is 8.42 Å². The van der Waals surface area contributed by atoms with Crippen LogP contribution in [0, 0.1) is 11.8 Å². The molecule has 2 aromatic rings. The van der Waals surface area contributed by atoms with Crippen LogP contribution < -0.4 is 4.74 Å². The van der Waals surface area contributed by atoms with Gasteiger partial charge in [0.25, 0.3) is 5.89 Å². The topological polar surface area (TPSA) is 103 Å². The average molecular weight is 393 g/mol. The first kappa shape index (κ1) is 19.3. The van der Waals surface area contributed by atoms with Crippen molar-refractivity contribution in [2.24, 2.45) is 11.8 Å². The summed E-state index contributed by atoms with van der Waals surface area (Å²) < 4.78 is 35.7. The lowest BCUT2D eigenvalue weighted by Crippen LogP contribution is -2.44. The van der Waals surface area contributed by atoms with Gasteiger partial charge < -0.3 is 14.1 Å². The monoisotopic (exact) mass is 393 g/mol. The summed E-state index contributed by atoms with van der Waals surface area (Å²) >= 11 is 0. The Balaban J connectivity index is 1.78. The van der Waals surface area contributed by atoms with Crippen LogP contribution in [0.5, 0.6) is 5.75 Å². The number of aromatic nitrogens is 2. The molecule has 1 fully saturated rings. The van der Waals surface area contributed by atoms with E-state index in [1.807, 2.05) is 0 Å². The van der Waals surface area contributed by atoms with Crippen LogP contribution in [0.25, 0.3) is 11.5 Å². The molecule has 27 heavy (non-hydrogen) atoms. The summed E-state index contributed by atoms with van der Waals surface area (Å²) in [5, 5.41) is 6.88. The highest BCUT2D eigenvalue weighted by atomic mass is 32.2. The predicted octanol–water partition coefficient (Wildman–Crippen LogP) is 2.02. The summed E-state index contributed by atoms with van der Waals surface area (Å²) in [5.74, 6) is 0.0866. The molecular formula is C18H23N3O5S. The molecule has 1 saturated heterocycles. The number of rotatable bonds is 5. The summed E-state index contributed by atoms with van der Waals surface area (Å²) in [7, 11) is -2.53. The van der Waals surface area contributed by atoms with Gasteiger partial charge in [-0.15, -0.1) is 5.10 Å². The third-order valence-electron chi connectivity index (χ3n) is 4.54. The summed E-state index contributed by atoms with van der Waals surface area (Å²) in [6, 6.07) is 6.91. The Kier molecular flexibility index (Phi) is 5.50. The zero-order valence-corrected chi connectivity index (χ0v) is 16.4. The Bertz CT molecular complexity index is 915. The Labute approximate surface area is 158 Å². The molecule has 1 aliphatic heterocycles. The van der Waals surface area contributed by atoms with E-state index in [-0.39, 0.29) is 5.89 Å². The number of likely N-dealkylation sites (tertiary alicyclic amines) is 1. The second kappa shape index (κ2) is 7.67. The SMILES string of the molecule is COc1ccccc1-c1nnc(S(=O)(=O)CC(=O)N2CC(C)CC(C)C2)o1. The van der Waals surface area contributed by atoms with Gasteiger partial charge in [0.05, 0.1) is 12.7 Å². The summed E-state index contributed by atoms with van der Waals surface area (Å²) in [5.41, 5.74) is 0.485. The van der Waals surface area contributed by atoms with Crippen molar-refractivity contribution in [3.63, 3.8) is 0 Å². The van der Waals surface area contributed by atoms with Crippen molar-refractivity contribution in [3.8, 4) is 17.2 Å². The van der Waals surface area contributed by atoms with Crippen molar-refractivity contribution in [1.82, 2.24) is 15.1 Å². The van der Waals surface area contributed by atoms with Gasteiger partial charge in [0.1, 0.15) is 11.5 Å². The normalized spacial score (nSPS) is 20.5. The molecule has 0 aliphatic carbocycles. The second-order valence-electron chi connectivity index (χ2n) is 7.08. The number of piperidine rings is 1. The lowest BCUT2D eigenvalue weighted by atomic mass is 9.92. The summed E-state index contributed by atoms with van der Waals surface area (Å²) in [4.78, 5) is 14.1. The van der Waals surface area contributed by atoms with Crippen LogP contribution >= 0.6 is 0 Å². The molecule has 8 nitrogen and oxygen atoms in total. The number of benzene rings is 1. The summed E-state index contributed by atoms with van der Waals surface area (Å²) in [6.45, 7) is 5.24. The smallest absolute Gasteiger partial charge is 0.336 e. The minimum atomic E-state index is -4.02. The molecular weight excluding hydrogens is 370 g/mol. The molecule has 3 rings (SSSR count). The highest BCUT2D eigenvalue weighted by Gasteiger charge is 2.32. The van der Waals surface area contributed by atoms with E-state index in [0.29, 0.717) is 36.2 Å². The van der Waals surface area contributed by atoms with Crippen LogP contribution in [0.15, 0.2) is 33.9 Å². The number of hydrogen-bond donors (Lipinski definition) is 0. The van der Waals surface area contributed by atoms with Crippen molar-refractivity contribution in [3.05, 3.63) is 24.3 Å². The van der Waals surface area contributed by atoms with Gasteiger partial charge in [0.15, 0.2) is 0 Å². The Morgan fingerprint density at radius 2 is 1.89 bits per heavy atom. The van der Waals surface area contributed by atoms with Gasteiger partial charge >= 0.3 is 5.22 Å². The van der Waals surface area contributed by atoms with Crippen molar-refractivity contribution in [1.29, 1.82) is 0 Å². The van der Waals surface area contributed by atoms with Gasteiger partial charge in [-0.1, -0.05) is 31.1 Å². The maximum atomic E-state index is 12.6. The fourth-order valence-corrected chi connectivity index (χ4v) is 4.45. The van der Waals surface area contributed by atoms with E-state index >= 15 is 0 Å². The first-order valence-corrected chi connectivity index (χ1v) is 10.4. The molecule has 0 bridgehead atoms. The van der Waals surface area contributed by atoms with Gasteiger partial charge in [0.2, 0.25) is 15.7 Å². The van der Waals surface area contributed by atoms with E-state index in [1.54, 1.807) is 29.2 Å². The minimum absolute atomic E-state index is 0.0266. The van der Waals surface area contributed by atoms with E-state index in [0.717, 1.165) is 6.42 Å².